The summed E-state index contributed by atoms with van der Waals surface area (Å²) in [7, 11) is 0. The van der Waals surface area contributed by atoms with E-state index in [4.69, 9.17) is 19.7 Å². The number of aliphatic hydroxyl groups is 5. The predicted molar refractivity (Wildman–Crippen MR) is 77.0 cm³/mol. The topological polar surface area (TPSA) is 120 Å². The van der Waals surface area contributed by atoms with Crippen molar-refractivity contribution in [1.29, 1.82) is 0 Å². The van der Waals surface area contributed by atoms with Crippen LogP contribution in [0.2, 0.25) is 0 Å². The maximum absolute atomic E-state index is 9.87. The summed E-state index contributed by atoms with van der Waals surface area (Å²) in [5, 5.41) is 47.0. The lowest BCUT2D eigenvalue weighted by Crippen LogP contribution is -2.60. The predicted octanol–water partition coefficient (Wildman–Crippen LogP) is -1.13. The molecule has 1 aliphatic heterocycles. The molecule has 1 heterocycles. The Morgan fingerprint density at radius 1 is 1.00 bits per heavy atom. The van der Waals surface area contributed by atoms with E-state index in [1.807, 2.05) is 0 Å². The van der Waals surface area contributed by atoms with Crippen molar-refractivity contribution in [2.45, 2.75) is 30.7 Å². The van der Waals surface area contributed by atoms with Gasteiger partial charge in [-0.1, -0.05) is 24.3 Å². The Balaban J connectivity index is 2.04. The summed E-state index contributed by atoms with van der Waals surface area (Å²) in [6.07, 6.45) is -3.20. The van der Waals surface area contributed by atoms with E-state index in [9.17, 15) is 15.3 Å². The van der Waals surface area contributed by atoms with Gasteiger partial charge in [0.05, 0.1) is 13.2 Å². The van der Waals surface area contributed by atoms with E-state index < -0.39 is 37.3 Å². The highest BCUT2D eigenvalue weighted by atomic mass is 16.7. The highest BCUT2D eigenvalue weighted by Gasteiger charge is 2.44. The highest BCUT2D eigenvalue weighted by Crippen LogP contribution is 2.24. The first kappa shape index (κ1) is 16.9. The van der Waals surface area contributed by atoms with Gasteiger partial charge in [0.25, 0.3) is 0 Å². The van der Waals surface area contributed by atoms with Crippen molar-refractivity contribution in [3.05, 3.63) is 35.9 Å². The van der Waals surface area contributed by atoms with E-state index in [0.29, 0.717) is 5.75 Å². The minimum absolute atomic E-state index is 0.0525. The first-order chi connectivity index (χ1) is 10.6. The molecule has 0 spiro atoms. The molecule has 0 aliphatic carbocycles. The fraction of sp³-hybridized carbons (Fsp3) is 0.467. The zero-order valence-corrected chi connectivity index (χ0v) is 11.8. The van der Waals surface area contributed by atoms with Crippen LogP contribution in [0.1, 0.15) is 5.56 Å². The van der Waals surface area contributed by atoms with Crippen molar-refractivity contribution in [3.63, 3.8) is 0 Å². The third kappa shape index (κ3) is 3.83. The number of hydrogen-bond donors (Lipinski definition) is 5. The molecule has 0 radical (unpaired) electrons. The quantitative estimate of drug-likeness (QED) is 0.467. The van der Waals surface area contributed by atoms with Crippen LogP contribution in [0, 0.1) is 0 Å². The molecule has 0 saturated carbocycles. The van der Waals surface area contributed by atoms with Crippen LogP contribution in [0.3, 0.4) is 0 Å². The lowest BCUT2D eigenvalue weighted by atomic mass is 9.99. The van der Waals surface area contributed by atoms with Crippen LogP contribution in [0.25, 0.3) is 6.08 Å². The van der Waals surface area contributed by atoms with Gasteiger partial charge in [-0.3, -0.25) is 0 Å². The van der Waals surface area contributed by atoms with E-state index in [2.05, 4.69) is 0 Å². The molecule has 1 fully saturated rings. The number of benzene rings is 1. The molecule has 0 bridgehead atoms. The van der Waals surface area contributed by atoms with E-state index >= 15 is 0 Å². The number of aliphatic hydroxyl groups excluding tert-OH is 5. The summed E-state index contributed by atoms with van der Waals surface area (Å²) in [6.45, 7) is -0.557. The largest absolute Gasteiger partial charge is 0.462 e. The standard InChI is InChI=1S/C15H20O7/c16-7-1-2-9-3-5-10(6-4-9)21-15-14(20)13(19)12(18)11(8-17)22-15/h1-6,11-20H,7-8H2. The van der Waals surface area contributed by atoms with Gasteiger partial charge in [0.2, 0.25) is 6.29 Å². The Bertz CT molecular complexity index is 485. The summed E-state index contributed by atoms with van der Waals surface area (Å²) in [5.74, 6) is 0.394. The van der Waals surface area contributed by atoms with Crippen LogP contribution in [-0.2, 0) is 4.74 Å². The second-order valence-corrected chi connectivity index (χ2v) is 4.97. The Kier molecular flexibility index (Phi) is 5.90. The van der Waals surface area contributed by atoms with Gasteiger partial charge in [-0.2, -0.15) is 0 Å². The molecule has 7 heteroatoms. The van der Waals surface area contributed by atoms with Gasteiger partial charge in [0.1, 0.15) is 30.2 Å². The van der Waals surface area contributed by atoms with Crippen molar-refractivity contribution >= 4 is 6.08 Å². The Morgan fingerprint density at radius 3 is 2.27 bits per heavy atom. The molecule has 0 amide bonds. The normalized spacial score (nSPS) is 32.3. The summed E-state index contributed by atoms with van der Waals surface area (Å²) < 4.78 is 10.7. The SMILES string of the molecule is OCC=Cc1ccc(OC2OC(CO)C(O)C(O)C2O)cc1. The molecule has 1 aromatic rings. The Morgan fingerprint density at radius 2 is 1.68 bits per heavy atom. The summed E-state index contributed by atoms with van der Waals surface area (Å²) in [6, 6.07) is 6.76. The van der Waals surface area contributed by atoms with Crippen molar-refractivity contribution < 1.29 is 35.0 Å². The van der Waals surface area contributed by atoms with Crippen LogP contribution in [-0.4, -0.2) is 69.5 Å². The first-order valence-electron chi connectivity index (χ1n) is 6.91. The summed E-state index contributed by atoms with van der Waals surface area (Å²) >= 11 is 0. The molecule has 5 atom stereocenters. The Labute approximate surface area is 127 Å². The van der Waals surface area contributed by atoms with Crippen LogP contribution in [0.15, 0.2) is 30.3 Å². The summed E-state index contributed by atoms with van der Waals surface area (Å²) in [4.78, 5) is 0. The molecule has 2 rings (SSSR count). The van der Waals surface area contributed by atoms with Gasteiger partial charge in [0.15, 0.2) is 0 Å². The molecule has 1 aliphatic rings. The first-order valence-corrected chi connectivity index (χ1v) is 6.91. The third-order valence-corrected chi connectivity index (χ3v) is 3.40. The molecular formula is C15H20O7. The zero-order valence-electron chi connectivity index (χ0n) is 11.8. The van der Waals surface area contributed by atoms with Gasteiger partial charge >= 0.3 is 0 Å². The summed E-state index contributed by atoms with van der Waals surface area (Å²) in [5.41, 5.74) is 0.857. The number of ether oxygens (including phenoxy) is 2. The van der Waals surface area contributed by atoms with Crippen molar-refractivity contribution in [3.8, 4) is 5.75 Å². The van der Waals surface area contributed by atoms with E-state index in [1.165, 1.54) is 0 Å². The van der Waals surface area contributed by atoms with E-state index in [1.54, 1.807) is 36.4 Å². The van der Waals surface area contributed by atoms with Crippen molar-refractivity contribution in [2.24, 2.45) is 0 Å². The van der Waals surface area contributed by atoms with Crippen LogP contribution in [0.4, 0.5) is 0 Å². The minimum atomic E-state index is -1.47. The monoisotopic (exact) mass is 312 g/mol. The van der Waals surface area contributed by atoms with Gasteiger partial charge in [-0.15, -0.1) is 0 Å². The van der Waals surface area contributed by atoms with Gasteiger partial charge in [-0.05, 0) is 17.7 Å². The fourth-order valence-corrected chi connectivity index (χ4v) is 2.15. The maximum Gasteiger partial charge on any atom is 0.229 e. The van der Waals surface area contributed by atoms with Crippen LogP contribution < -0.4 is 4.74 Å². The lowest BCUT2D eigenvalue weighted by molar-refractivity contribution is -0.277. The Hall–Kier alpha value is -1.48. The molecule has 1 saturated heterocycles. The fourth-order valence-electron chi connectivity index (χ4n) is 2.15. The number of rotatable bonds is 5. The van der Waals surface area contributed by atoms with Crippen LogP contribution >= 0.6 is 0 Å². The van der Waals surface area contributed by atoms with Gasteiger partial charge in [-0.25, -0.2) is 0 Å². The van der Waals surface area contributed by atoms with Crippen molar-refractivity contribution in [2.75, 3.05) is 13.2 Å². The molecule has 122 valence electrons. The smallest absolute Gasteiger partial charge is 0.229 e. The molecule has 0 aromatic heterocycles. The van der Waals surface area contributed by atoms with Gasteiger partial charge in [0, 0.05) is 0 Å². The molecule has 7 nitrogen and oxygen atoms in total. The maximum atomic E-state index is 9.87. The molecule has 1 aromatic carbocycles. The third-order valence-electron chi connectivity index (χ3n) is 3.40. The zero-order chi connectivity index (χ0) is 16.1. The second kappa shape index (κ2) is 7.68. The lowest BCUT2D eigenvalue weighted by Gasteiger charge is -2.39. The average Bonchev–Trinajstić information content (AvgIpc) is 2.54. The van der Waals surface area contributed by atoms with Gasteiger partial charge < -0.3 is 35.0 Å². The van der Waals surface area contributed by atoms with Crippen molar-refractivity contribution in [1.82, 2.24) is 0 Å². The molecular weight excluding hydrogens is 292 g/mol. The molecule has 5 N–H and O–H groups in total. The number of hydrogen-bond acceptors (Lipinski definition) is 7. The average molecular weight is 312 g/mol. The molecule has 22 heavy (non-hydrogen) atoms. The van der Waals surface area contributed by atoms with E-state index in [-0.39, 0.29) is 6.61 Å². The van der Waals surface area contributed by atoms with E-state index in [0.717, 1.165) is 5.56 Å². The second-order valence-electron chi connectivity index (χ2n) is 4.97. The molecule has 5 unspecified atom stereocenters. The van der Waals surface area contributed by atoms with Crippen LogP contribution in [0.5, 0.6) is 5.75 Å². The minimum Gasteiger partial charge on any atom is -0.462 e. The highest BCUT2D eigenvalue weighted by molar-refractivity contribution is 5.50.